The number of hydrogen-bond acceptors (Lipinski definition) is 9. The van der Waals surface area contributed by atoms with Crippen LogP contribution in [0.25, 0.3) is 5.82 Å². The minimum atomic E-state index is -0.555. The van der Waals surface area contributed by atoms with Crippen molar-refractivity contribution >= 4 is 17.9 Å². The fraction of sp³-hybridized carbons (Fsp3) is 0.0909. The Balaban J connectivity index is 1.67. The predicted molar refractivity (Wildman–Crippen MR) is 72.1 cm³/mol. The van der Waals surface area contributed by atoms with Gasteiger partial charge in [0.15, 0.2) is 5.69 Å². The van der Waals surface area contributed by atoms with Crippen molar-refractivity contribution in [2.24, 2.45) is 5.10 Å². The number of nitrogens with two attached hydrogens (primary N) is 1. The summed E-state index contributed by atoms with van der Waals surface area (Å²) in [5.74, 6) is 0.877. The van der Waals surface area contributed by atoms with Crippen molar-refractivity contribution in [1.29, 1.82) is 0 Å². The molecule has 11 nitrogen and oxygen atoms in total. The number of hydrazone groups is 1. The van der Waals surface area contributed by atoms with Gasteiger partial charge in [0.05, 0.1) is 12.4 Å². The predicted octanol–water partition coefficient (Wildman–Crippen LogP) is -0.102. The Morgan fingerprint density at radius 2 is 2.32 bits per heavy atom. The van der Waals surface area contributed by atoms with Crippen LogP contribution in [0, 0.1) is 6.92 Å². The Bertz CT molecular complexity index is 830. The van der Waals surface area contributed by atoms with E-state index in [0.29, 0.717) is 5.76 Å². The van der Waals surface area contributed by atoms with Crippen LogP contribution in [-0.2, 0) is 0 Å². The van der Waals surface area contributed by atoms with Crippen molar-refractivity contribution in [3.8, 4) is 5.82 Å². The molecule has 11 heteroatoms. The van der Waals surface area contributed by atoms with Crippen LogP contribution >= 0.6 is 0 Å². The molecule has 0 bridgehead atoms. The number of amides is 1. The smallest absolute Gasteiger partial charge is 0.293 e. The second-order valence-electron chi connectivity index (χ2n) is 4.17. The number of aromatic nitrogens is 5. The lowest BCUT2D eigenvalue weighted by Crippen LogP contribution is -2.18. The Morgan fingerprint density at radius 3 is 3.00 bits per heavy atom. The third kappa shape index (κ3) is 2.67. The van der Waals surface area contributed by atoms with Crippen molar-refractivity contribution < 1.29 is 13.8 Å². The molecule has 0 aromatic carbocycles. The summed E-state index contributed by atoms with van der Waals surface area (Å²) in [6, 6.07) is 3.51. The molecule has 0 saturated carbocycles. The van der Waals surface area contributed by atoms with Crippen LogP contribution < -0.4 is 11.2 Å². The van der Waals surface area contributed by atoms with Gasteiger partial charge in [-0.15, -0.1) is 5.10 Å². The number of nitrogens with one attached hydrogen (secondary N) is 1. The Morgan fingerprint density at radius 1 is 1.45 bits per heavy atom. The zero-order valence-corrected chi connectivity index (χ0v) is 11.3. The number of furan rings is 1. The quantitative estimate of drug-likeness (QED) is 0.500. The van der Waals surface area contributed by atoms with Gasteiger partial charge in [0.2, 0.25) is 11.6 Å². The third-order valence-corrected chi connectivity index (χ3v) is 2.56. The highest BCUT2D eigenvalue weighted by molar-refractivity contribution is 5.92. The average molecular weight is 302 g/mol. The number of aryl methyl sites for hydroxylation is 1. The molecule has 0 unspecified atom stereocenters. The van der Waals surface area contributed by atoms with Gasteiger partial charge in [0, 0.05) is 0 Å². The van der Waals surface area contributed by atoms with Gasteiger partial charge in [0.25, 0.3) is 5.91 Å². The van der Waals surface area contributed by atoms with E-state index in [4.69, 9.17) is 10.2 Å². The number of anilines is 1. The normalized spacial score (nSPS) is 11.1. The van der Waals surface area contributed by atoms with E-state index in [1.54, 1.807) is 19.1 Å². The summed E-state index contributed by atoms with van der Waals surface area (Å²) >= 11 is 0. The van der Waals surface area contributed by atoms with Gasteiger partial charge in [-0.1, -0.05) is 5.21 Å². The fourth-order valence-electron chi connectivity index (χ4n) is 1.56. The minimum Gasteiger partial charge on any atom is -0.460 e. The zero-order chi connectivity index (χ0) is 15.5. The lowest BCUT2D eigenvalue weighted by atomic mass is 10.4. The topological polar surface area (TPSA) is 150 Å². The summed E-state index contributed by atoms with van der Waals surface area (Å²) in [7, 11) is 0. The summed E-state index contributed by atoms with van der Waals surface area (Å²) in [5, 5.41) is 18.1. The number of carbonyl (C=O) groups excluding carboxylic acids is 1. The molecule has 0 aliphatic carbocycles. The molecule has 22 heavy (non-hydrogen) atoms. The van der Waals surface area contributed by atoms with Crippen molar-refractivity contribution in [3.05, 3.63) is 35.5 Å². The first kappa shape index (κ1) is 13.5. The number of rotatable bonds is 4. The molecule has 0 spiro atoms. The molecule has 3 rings (SSSR count). The van der Waals surface area contributed by atoms with Gasteiger partial charge in [-0.05, 0) is 29.4 Å². The summed E-state index contributed by atoms with van der Waals surface area (Å²) in [5.41, 5.74) is 7.83. The Labute approximate surface area is 122 Å². The van der Waals surface area contributed by atoms with Crippen LogP contribution in [0.5, 0.6) is 0 Å². The highest BCUT2D eigenvalue weighted by Crippen LogP contribution is 2.09. The van der Waals surface area contributed by atoms with Gasteiger partial charge in [-0.25, -0.2) is 10.1 Å². The Hall–Kier alpha value is -3.50. The molecule has 112 valence electrons. The van der Waals surface area contributed by atoms with Crippen molar-refractivity contribution in [1.82, 2.24) is 30.7 Å². The lowest BCUT2D eigenvalue weighted by Gasteiger charge is -1.93. The first-order valence-electron chi connectivity index (χ1n) is 6.04. The second-order valence-corrected chi connectivity index (χ2v) is 4.17. The maximum atomic E-state index is 11.8. The van der Waals surface area contributed by atoms with Crippen LogP contribution in [0.3, 0.4) is 0 Å². The maximum absolute atomic E-state index is 11.8. The zero-order valence-electron chi connectivity index (χ0n) is 11.3. The van der Waals surface area contributed by atoms with Crippen molar-refractivity contribution in [3.63, 3.8) is 0 Å². The SMILES string of the molecule is Cc1ccc(/C=N/NC(=O)c2cn(-c3nonc3N)nn2)o1. The van der Waals surface area contributed by atoms with Crippen molar-refractivity contribution in [2.45, 2.75) is 6.92 Å². The molecule has 0 fully saturated rings. The van der Waals surface area contributed by atoms with E-state index in [-0.39, 0.29) is 17.3 Å². The highest BCUT2D eigenvalue weighted by atomic mass is 16.6. The van der Waals surface area contributed by atoms with Gasteiger partial charge < -0.3 is 10.2 Å². The standard InChI is InChI=1S/C11H10N8O3/c1-6-2-3-7(21-6)4-13-15-11(20)8-5-19(18-14-8)10-9(12)16-22-17-10/h2-5H,1H3,(H2,12,16)(H,15,20)/b13-4+. The van der Waals surface area contributed by atoms with Crippen LogP contribution in [0.1, 0.15) is 22.0 Å². The van der Waals surface area contributed by atoms with Gasteiger partial charge >= 0.3 is 0 Å². The van der Waals surface area contributed by atoms with Crippen LogP contribution in [-0.4, -0.2) is 37.4 Å². The lowest BCUT2D eigenvalue weighted by molar-refractivity contribution is 0.0950. The van der Waals surface area contributed by atoms with E-state index in [0.717, 1.165) is 5.76 Å². The van der Waals surface area contributed by atoms with Gasteiger partial charge in [0.1, 0.15) is 11.5 Å². The second kappa shape index (κ2) is 5.47. The largest absolute Gasteiger partial charge is 0.460 e. The molecule has 3 heterocycles. The highest BCUT2D eigenvalue weighted by Gasteiger charge is 2.15. The molecule has 1 amide bonds. The molecule has 0 saturated heterocycles. The molecule has 0 aliphatic heterocycles. The molecule has 0 aliphatic rings. The van der Waals surface area contributed by atoms with Crippen LogP contribution in [0.15, 0.2) is 32.5 Å². The van der Waals surface area contributed by atoms with E-state index in [2.05, 4.69) is 35.8 Å². The number of nitrogens with zero attached hydrogens (tertiary/aromatic N) is 6. The van der Waals surface area contributed by atoms with Gasteiger partial charge in [-0.2, -0.15) is 9.78 Å². The maximum Gasteiger partial charge on any atom is 0.293 e. The fourth-order valence-corrected chi connectivity index (χ4v) is 1.56. The van der Waals surface area contributed by atoms with E-state index in [1.807, 2.05) is 0 Å². The molecule has 3 aromatic rings. The summed E-state index contributed by atoms with van der Waals surface area (Å²) in [6.07, 6.45) is 2.69. The minimum absolute atomic E-state index is 0.0233. The van der Waals surface area contributed by atoms with Crippen LogP contribution in [0.2, 0.25) is 0 Å². The average Bonchev–Trinajstić information content (AvgIpc) is 3.19. The Kier molecular flexibility index (Phi) is 3.35. The molecular weight excluding hydrogens is 292 g/mol. The summed E-state index contributed by atoms with van der Waals surface area (Å²) in [6.45, 7) is 1.80. The van der Waals surface area contributed by atoms with E-state index >= 15 is 0 Å². The number of carbonyl (C=O) groups is 1. The van der Waals surface area contributed by atoms with E-state index in [1.165, 1.54) is 17.1 Å². The summed E-state index contributed by atoms with van der Waals surface area (Å²) in [4.78, 5) is 11.8. The molecule has 3 aromatic heterocycles. The van der Waals surface area contributed by atoms with Crippen LogP contribution in [0.4, 0.5) is 5.82 Å². The van der Waals surface area contributed by atoms with E-state index < -0.39 is 5.91 Å². The number of hydrogen-bond donors (Lipinski definition) is 2. The molecular formula is C11H10N8O3. The monoisotopic (exact) mass is 302 g/mol. The first-order valence-corrected chi connectivity index (χ1v) is 6.04. The molecule has 0 radical (unpaired) electrons. The van der Waals surface area contributed by atoms with Crippen molar-refractivity contribution in [2.75, 3.05) is 5.73 Å². The first-order chi connectivity index (χ1) is 10.6. The van der Waals surface area contributed by atoms with E-state index in [9.17, 15) is 4.79 Å². The van der Waals surface area contributed by atoms with Gasteiger partial charge in [-0.3, -0.25) is 4.79 Å². The summed E-state index contributed by atoms with van der Waals surface area (Å²) < 4.78 is 10.9. The third-order valence-electron chi connectivity index (χ3n) is 2.56. The molecule has 0 atom stereocenters. The molecule has 3 N–H and O–H groups in total. The number of nitrogen functional groups attached to an aromatic ring is 1.